The molecule has 26 heavy (non-hydrogen) atoms. The number of benzene rings is 2. The lowest BCUT2D eigenvalue weighted by Gasteiger charge is -2.10. The van der Waals surface area contributed by atoms with Gasteiger partial charge in [-0.1, -0.05) is 41.7 Å². The van der Waals surface area contributed by atoms with Gasteiger partial charge in [-0.15, -0.1) is 10.2 Å². The second-order valence-electron chi connectivity index (χ2n) is 5.31. The SMILES string of the molecule is COc1cc(C(=O)Nc2nnc(Cc3ccccc3)s2)cc(OC)c1Br. The maximum absolute atomic E-state index is 12.5. The molecular formula is C18H16BrN3O3S. The van der Waals surface area contributed by atoms with Gasteiger partial charge in [0.05, 0.1) is 14.2 Å². The standard InChI is InChI=1S/C18H16BrN3O3S/c1-24-13-9-12(10-14(25-2)16(13)19)17(23)20-18-22-21-15(26-18)8-11-6-4-3-5-7-11/h3-7,9-10H,8H2,1-2H3,(H,20,22,23). The van der Waals surface area contributed by atoms with Crippen LogP contribution in [0.1, 0.15) is 20.9 Å². The molecule has 0 bridgehead atoms. The Hall–Kier alpha value is -2.45. The van der Waals surface area contributed by atoms with Crippen LogP contribution >= 0.6 is 27.3 Å². The summed E-state index contributed by atoms with van der Waals surface area (Å²) in [5.41, 5.74) is 1.55. The maximum atomic E-state index is 12.5. The summed E-state index contributed by atoms with van der Waals surface area (Å²) >= 11 is 4.73. The summed E-state index contributed by atoms with van der Waals surface area (Å²) in [5.74, 6) is 0.713. The van der Waals surface area contributed by atoms with Gasteiger partial charge in [-0.2, -0.15) is 0 Å². The summed E-state index contributed by atoms with van der Waals surface area (Å²) in [7, 11) is 3.06. The van der Waals surface area contributed by atoms with Crippen LogP contribution in [0.25, 0.3) is 0 Å². The lowest BCUT2D eigenvalue weighted by atomic mass is 10.2. The Bertz CT molecular complexity index is 890. The molecule has 0 saturated heterocycles. The van der Waals surface area contributed by atoms with E-state index in [0.29, 0.717) is 33.1 Å². The molecular weight excluding hydrogens is 418 g/mol. The summed E-state index contributed by atoms with van der Waals surface area (Å²) in [6.45, 7) is 0. The molecule has 1 heterocycles. The molecule has 0 fully saturated rings. The fourth-order valence-electron chi connectivity index (χ4n) is 2.32. The Labute approximate surface area is 163 Å². The van der Waals surface area contributed by atoms with Gasteiger partial charge in [-0.25, -0.2) is 0 Å². The second kappa shape index (κ2) is 8.29. The molecule has 0 aliphatic carbocycles. The topological polar surface area (TPSA) is 73.3 Å². The average Bonchev–Trinajstić information content (AvgIpc) is 3.09. The molecule has 3 aromatic rings. The third-order valence-corrected chi connectivity index (χ3v) is 5.21. The number of carbonyl (C=O) groups excluding carboxylic acids is 1. The number of ether oxygens (including phenoxy) is 2. The van der Waals surface area contributed by atoms with Gasteiger partial charge in [0, 0.05) is 12.0 Å². The van der Waals surface area contributed by atoms with E-state index in [0.717, 1.165) is 10.6 Å². The number of carbonyl (C=O) groups is 1. The number of hydrogen-bond acceptors (Lipinski definition) is 6. The molecule has 0 unspecified atom stereocenters. The zero-order valence-electron chi connectivity index (χ0n) is 14.2. The highest BCUT2D eigenvalue weighted by Crippen LogP contribution is 2.35. The van der Waals surface area contributed by atoms with Gasteiger partial charge < -0.3 is 9.47 Å². The molecule has 8 heteroatoms. The molecule has 0 atom stereocenters. The van der Waals surface area contributed by atoms with Crippen LogP contribution in [0, 0.1) is 0 Å². The minimum atomic E-state index is -0.309. The zero-order valence-corrected chi connectivity index (χ0v) is 16.6. The van der Waals surface area contributed by atoms with Gasteiger partial charge in [-0.05, 0) is 33.6 Å². The Morgan fingerprint density at radius 1 is 1.12 bits per heavy atom. The van der Waals surface area contributed by atoms with Crippen molar-refractivity contribution in [2.75, 3.05) is 19.5 Å². The average molecular weight is 434 g/mol. The van der Waals surface area contributed by atoms with E-state index in [-0.39, 0.29) is 5.91 Å². The van der Waals surface area contributed by atoms with Crippen molar-refractivity contribution in [3.05, 3.63) is 63.1 Å². The lowest BCUT2D eigenvalue weighted by Crippen LogP contribution is -2.12. The molecule has 2 aromatic carbocycles. The first kappa shape index (κ1) is 18.3. The largest absolute Gasteiger partial charge is 0.495 e. The monoisotopic (exact) mass is 433 g/mol. The van der Waals surface area contributed by atoms with E-state index < -0.39 is 0 Å². The highest BCUT2D eigenvalue weighted by atomic mass is 79.9. The third kappa shape index (κ3) is 4.20. The van der Waals surface area contributed by atoms with Gasteiger partial charge in [0.2, 0.25) is 5.13 Å². The maximum Gasteiger partial charge on any atom is 0.257 e. The van der Waals surface area contributed by atoms with E-state index in [1.54, 1.807) is 12.1 Å². The van der Waals surface area contributed by atoms with Gasteiger partial charge in [0.1, 0.15) is 21.0 Å². The van der Waals surface area contributed by atoms with Gasteiger partial charge in [-0.3, -0.25) is 10.1 Å². The van der Waals surface area contributed by atoms with Gasteiger partial charge in [0.25, 0.3) is 5.91 Å². The highest BCUT2D eigenvalue weighted by Gasteiger charge is 2.16. The molecule has 0 spiro atoms. The minimum Gasteiger partial charge on any atom is -0.495 e. The molecule has 1 N–H and O–H groups in total. The number of hydrogen-bond donors (Lipinski definition) is 1. The number of aromatic nitrogens is 2. The van der Waals surface area contributed by atoms with Crippen LogP contribution in [-0.4, -0.2) is 30.3 Å². The summed E-state index contributed by atoms with van der Waals surface area (Å²) in [5, 5.41) is 12.2. The number of nitrogens with zero attached hydrogens (tertiary/aromatic N) is 2. The van der Waals surface area contributed by atoms with Crippen molar-refractivity contribution in [2.24, 2.45) is 0 Å². The number of methoxy groups -OCH3 is 2. The molecule has 0 saturated carbocycles. The Balaban J connectivity index is 1.74. The summed E-state index contributed by atoms with van der Waals surface area (Å²) in [6.07, 6.45) is 0.675. The van der Waals surface area contributed by atoms with Crippen LogP contribution in [0.2, 0.25) is 0 Å². The lowest BCUT2D eigenvalue weighted by molar-refractivity contribution is 0.102. The van der Waals surface area contributed by atoms with E-state index in [9.17, 15) is 4.79 Å². The van der Waals surface area contributed by atoms with E-state index in [1.165, 1.54) is 25.6 Å². The number of nitrogens with one attached hydrogen (secondary N) is 1. The first-order chi connectivity index (χ1) is 12.6. The molecule has 134 valence electrons. The fraction of sp³-hybridized carbons (Fsp3) is 0.167. The second-order valence-corrected chi connectivity index (χ2v) is 7.17. The van der Waals surface area contributed by atoms with E-state index >= 15 is 0 Å². The first-order valence-electron chi connectivity index (χ1n) is 7.70. The third-order valence-electron chi connectivity index (χ3n) is 3.59. The van der Waals surface area contributed by atoms with Crippen LogP contribution in [-0.2, 0) is 6.42 Å². The van der Waals surface area contributed by atoms with Crippen molar-refractivity contribution >= 4 is 38.3 Å². The molecule has 0 radical (unpaired) electrons. The molecule has 1 amide bonds. The summed E-state index contributed by atoms with van der Waals surface area (Å²) in [4.78, 5) is 12.5. The molecule has 0 aliphatic heterocycles. The Morgan fingerprint density at radius 3 is 2.38 bits per heavy atom. The summed E-state index contributed by atoms with van der Waals surface area (Å²) < 4.78 is 11.2. The van der Waals surface area contributed by atoms with Crippen LogP contribution < -0.4 is 14.8 Å². The fourth-order valence-corrected chi connectivity index (χ4v) is 3.64. The zero-order chi connectivity index (χ0) is 18.5. The number of anilines is 1. The minimum absolute atomic E-state index is 0.309. The normalized spacial score (nSPS) is 10.4. The van der Waals surface area contributed by atoms with Gasteiger partial charge >= 0.3 is 0 Å². The number of amides is 1. The van der Waals surface area contributed by atoms with Crippen LogP contribution in [0.5, 0.6) is 11.5 Å². The highest BCUT2D eigenvalue weighted by molar-refractivity contribution is 9.10. The quantitative estimate of drug-likeness (QED) is 0.631. The van der Waals surface area contributed by atoms with Crippen LogP contribution in [0.15, 0.2) is 46.9 Å². The van der Waals surface area contributed by atoms with Gasteiger partial charge in [0.15, 0.2) is 0 Å². The van der Waals surface area contributed by atoms with Crippen LogP contribution in [0.3, 0.4) is 0 Å². The molecule has 1 aromatic heterocycles. The molecule has 6 nitrogen and oxygen atoms in total. The first-order valence-corrected chi connectivity index (χ1v) is 9.31. The Morgan fingerprint density at radius 2 is 1.77 bits per heavy atom. The molecule has 3 rings (SSSR count). The smallest absolute Gasteiger partial charge is 0.257 e. The van der Waals surface area contributed by atoms with E-state index in [1.807, 2.05) is 30.3 Å². The van der Waals surface area contributed by atoms with Crippen LogP contribution in [0.4, 0.5) is 5.13 Å². The number of halogens is 1. The Kier molecular flexibility index (Phi) is 5.85. The summed E-state index contributed by atoms with van der Waals surface area (Å²) in [6, 6.07) is 13.2. The van der Waals surface area contributed by atoms with Crippen molar-refractivity contribution < 1.29 is 14.3 Å². The van der Waals surface area contributed by atoms with Crippen molar-refractivity contribution in [3.8, 4) is 11.5 Å². The number of rotatable bonds is 6. The predicted molar refractivity (Wildman–Crippen MR) is 104 cm³/mol. The van der Waals surface area contributed by atoms with Crippen molar-refractivity contribution in [3.63, 3.8) is 0 Å². The van der Waals surface area contributed by atoms with Crippen molar-refractivity contribution in [2.45, 2.75) is 6.42 Å². The van der Waals surface area contributed by atoms with Crippen molar-refractivity contribution in [1.29, 1.82) is 0 Å². The molecule has 0 aliphatic rings. The van der Waals surface area contributed by atoms with E-state index in [4.69, 9.17) is 9.47 Å². The van der Waals surface area contributed by atoms with Crippen molar-refractivity contribution in [1.82, 2.24) is 10.2 Å². The van der Waals surface area contributed by atoms with E-state index in [2.05, 4.69) is 31.4 Å². The predicted octanol–water partition coefficient (Wildman–Crippen LogP) is 4.16.